The van der Waals surface area contributed by atoms with Crippen molar-refractivity contribution in [1.29, 1.82) is 0 Å². The molecule has 0 radical (unpaired) electrons. The molecule has 1 amide bonds. The minimum absolute atomic E-state index is 0.0314. The molecule has 166 valence electrons. The molecule has 0 saturated carbocycles. The topological polar surface area (TPSA) is 75.9 Å². The average Bonchev–Trinajstić information content (AvgIpc) is 2.70. The zero-order valence-electron chi connectivity index (χ0n) is 17.1. The van der Waals surface area contributed by atoms with Gasteiger partial charge in [0, 0.05) is 42.3 Å². The lowest BCUT2D eigenvalue weighted by molar-refractivity contribution is -0.386. The van der Waals surface area contributed by atoms with Gasteiger partial charge in [-0.2, -0.15) is 0 Å². The highest BCUT2D eigenvalue weighted by atomic mass is 79.9. The zero-order valence-corrected chi connectivity index (χ0v) is 18.6. The predicted molar refractivity (Wildman–Crippen MR) is 114 cm³/mol. The van der Waals surface area contributed by atoms with Gasteiger partial charge in [0.1, 0.15) is 5.82 Å². The molecule has 1 heterocycles. The Hall–Kier alpha value is -2.59. The molecular weight excluding hydrogens is 476 g/mol. The van der Waals surface area contributed by atoms with Gasteiger partial charge in [-0.05, 0) is 37.6 Å². The third-order valence-electron chi connectivity index (χ3n) is 5.26. The van der Waals surface area contributed by atoms with Gasteiger partial charge in [0.2, 0.25) is 5.75 Å². The Morgan fingerprint density at radius 1 is 1.19 bits per heavy atom. The fourth-order valence-corrected chi connectivity index (χ4v) is 4.05. The number of rotatable bonds is 6. The van der Waals surface area contributed by atoms with E-state index in [9.17, 15) is 23.7 Å². The minimum atomic E-state index is -0.917. The standard InChI is InChI=1S/C21H22BrF2N3O4/c1-13-10-26(14(2)9-25(13)11-15-3-5-17(23)6-4-15)20(28)12-31-21-18(24)7-16(22)8-19(21)27(29)30/h3-8,13-14H,9-12H2,1-2H3. The summed E-state index contributed by atoms with van der Waals surface area (Å²) in [4.78, 5) is 27.0. The van der Waals surface area contributed by atoms with Crippen LogP contribution in [0.1, 0.15) is 19.4 Å². The molecule has 1 saturated heterocycles. The van der Waals surface area contributed by atoms with Crippen molar-refractivity contribution < 1.29 is 23.2 Å². The van der Waals surface area contributed by atoms with Gasteiger partial charge < -0.3 is 9.64 Å². The Labute approximate surface area is 186 Å². The number of carbonyl (C=O) groups excluding carboxylic acids is 1. The largest absolute Gasteiger partial charge is 0.475 e. The van der Waals surface area contributed by atoms with Gasteiger partial charge in [-0.3, -0.25) is 19.8 Å². The Morgan fingerprint density at radius 2 is 1.87 bits per heavy atom. The molecule has 7 nitrogen and oxygen atoms in total. The Kier molecular flexibility index (Phi) is 7.22. The first-order chi connectivity index (χ1) is 14.7. The van der Waals surface area contributed by atoms with Crippen molar-refractivity contribution in [2.24, 2.45) is 0 Å². The van der Waals surface area contributed by atoms with Crippen molar-refractivity contribution in [1.82, 2.24) is 9.80 Å². The smallest absolute Gasteiger partial charge is 0.315 e. The number of benzene rings is 2. The van der Waals surface area contributed by atoms with E-state index in [4.69, 9.17) is 4.74 Å². The molecule has 2 atom stereocenters. The highest BCUT2D eigenvalue weighted by molar-refractivity contribution is 9.10. The van der Waals surface area contributed by atoms with Crippen LogP contribution in [0, 0.1) is 21.7 Å². The molecular formula is C21H22BrF2N3O4. The van der Waals surface area contributed by atoms with Crippen molar-refractivity contribution >= 4 is 27.5 Å². The van der Waals surface area contributed by atoms with E-state index in [-0.39, 0.29) is 28.3 Å². The molecule has 1 fully saturated rings. The van der Waals surface area contributed by atoms with Gasteiger partial charge >= 0.3 is 5.69 Å². The number of nitrogens with zero attached hydrogens (tertiary/aromatic N) is 3. The van der Waals surface area contributed by atoms with Crippen LogP contribution in [-0.4, -0.2) is 52.4 Å². The minimum Gasteiger partial charge on any atom is -0.475 e. The number of carbonyl (C=O) groups is 1. The first-order valence-electron chi connectivity index (χ1n) is 9.70. The van der Waals surface area contributed by atoms with Crippen molar-refractivity contribution in [3.63, 3.8) is 0 Å². The number of piperazine rings is 1. The molecule has 10 heteroatoms. The molecule has 3 rings (SSSR count). The number of amides is 1. The quantitative estimate of drug-likeness (QED) is 0.442. The fourth-order valence-electron chi connectivity index (χ4n) is 3.63. The van der Waals surface area contributed by atoms with Crippen molar-refractivity contribution in [2.75, 3.05) is 19.7 Å². The van der Waals surface area contributed by atoms with Crippen LogP contribution >= 0.6 is 15.9 Å². The third-order valence-corrected chi connectivity index (χ3v) is 5.72. The van der Waals surface area contributed by atoms with E-state index in [0.29, 0.717) is 19.6 Å². The van der Waals surface area contributed by atoms with Gasteiger partial charge in [-0.1, -0.05) is 28.1 Å². The molecule has 2 aromatic rings. The maximum atomic E-state index is 14.2. The van der Waals surface area contributed by atoms with Crippen LogP contribution in [0.15, 0.2) is 40.9 Å². The summed E-state index contributed by atoms with van der Waals surface area (Å²) in [6.45, 7) is 5.02. The maximum absolute atomic E-state index is 14.2. The van der Waals surface area contributed by atoms with E-state index in [1.54, 1.807) is 17.0 Å². The van der Waals surface area contributed by atoms with Crippen LogP contribution in [0.5, 0.6) is 5.75 Å². The highest BCUT2D eigenvalue weighted by Crippen LogP contribution is 2.33. The van der Waals surface area contributed by atoms with E-state index < -0.39 is 28.8 Å². The van der Waals surface area contributed by atoms with Gasteiger partial charge in [0.25, 0.3) is 5.91 Å². The summed E-state index contributed by atoms with van der Waals surface area (Å²) in [6.07, 6.45) is 0. The second-order valence-corrected chi connectivity index (χ2v) is 8.50. The summed E-state index contributed by atoms with van der Waals surface area (Å²) in [5, 5.41) is 11.2. The summed E-state index contributed by atoms with van der Waals surface area (Å²) in [7, 11) is 0. The van der Waals surface area contributed by atoms with Crippen molar-refractivity contribution in [3.8, 4) is 5.75 Å². The van der Waals surface area contributed by atoms with Crippen LogP contribution in [0.2, 0.25) is 0 Å². The molecule has 31 heavy (non-hydrogen) atoms. The van der Waals surface area contributed by atoms with E-state index in [1.165, 1.54) is 12.1 Å². The van der Waals surface area contributed by atoms with Crippen LogP contribution in [0.25, 0.3) is 0 Å². The molecule has 0 N–H and O–H groups in total. The van der Waals surface area contributed by atoms with Crippen LogP contribution < -0.4 is 4.74 Å². The first-order valence-corrected chi connectivity index (χ1v) is 10.5. The Bertz CT molecular complexity index is 974. The average molecular weight is 498 g/mol. The van der Waals surface area contributed by atoms with Crippen LogP contribution in [0.4, 0.5) is 14.5 Å². The molecule has 1 aliphatic rings. The summed E-state index contributed by atoms with van der Waals surface area (Å²) in [5.74, 6) is -2.14. The third kappa shape index (κ3) is 5.56. The van der Waals surface area contributed by atoms with E-state index in [2.05, 4.69) is 20.8 Å². The lowest BCUT2D eigenvalue weighted by Gasteiger charge is -2.44. The van der Waals surface area contributed by atoms with Crippen molar-refractivity contribution in [3.05, 3.63) is 68.2 Å². The number of hydrogen-bond donors (Lipinski definition) is 0. The first kappa shape index (κ1) is 23.1. The van der Waals surface area contributed by atoms with Crippen LogP contribution in [0.3, 0.4) is 0 Å². The normalized spacial score (nSPS) is 19.3. The monoisotopic (exact) mass is 497 g/mol. The molecule has 0 spiro atoms. The summed E-state index contributed by atoms with van der Waals surface area (Å²) >= 11 is 3.01. The lowest BCUT2D eigenvalue weighted by atomic mass is 10.1. The summed E-state index contributed by atoms with van der Waals surface area (Å²) in [5.41, 5.74) is 0.423. The molecule has 1 aliphatic heterocycles. The van der Waals surface area contributed by atoms with Crippen LogP contribution in [-0.2, 0) is 11.3 Å². The summed E-state index contributed by atoms with van der Waals surface area (Å²) < 4.78 is 32.7. The number of halogens is 3. The molecule has 0 aliphatic carbocycles. The SMILES string of the molecule is CC1CN(C(=O)COc2c(F)cc(Br)cc2[N+](=O)[O-])C(C)CN1Cc1ccc(F)cc1. The lowest BCUT2D eigenvalue weighted by Crippen LogP contribution is -2.58. The van der Waals surface area contributed by atoms with Gasteiger partial charge in [-0.15, -0.1) is 0 Å². The predicted octanol–water partition coefficient (Wildman–Crippen LogP) is 4.14. The van der Waals surface area contributed by atoms with E-state index in [0.717, 1.165) is 17.7 Å². The summed E-state index contributed by atoms with van der Waals surface area (Å²) in [6, 6.07) is 8.37. The molecule has 0 aromatic heterocycles. The van der Waals surface area contributed by atoms with E-state index in [1.807, 2.05) is 13.8 Å². The Balaban J connectivity index is 1.63. The number of nitro benzene ring substituents is 1. The molecule has 0 bridgehead atoms. The number of ether oxygens (including phenoxy) is 1. The maximum Gasteiger partial charge on any atom is 0.315 e. The highest BCUT2D eigenvalue weighted by Gasteiger charge is 2.32. The van der Waals surface area contributed by atoms with E-state index >= 15 is 0 Å². The molecule has 2 aromatic carbocycles. The second kappa shape index (κ2) is 9.69. The number of nitro groups is 1. The van der Waals surface area contributed by atoms with Gasteiger partial charge in [0.15, 0.2) is 12.4 Å². The second-order valence-electron chi connectivity index (χ2n) is 7.58. The fraction of sp³-hybridized carbons (Fsp3) is 0.381. The Morgan fingerprint density at radius 3 is 2.52 bits per heavy atom. The van der Waals surface area contributed by atoms with Crippen molar-refractivity contribution in [2.45, 2.75) is 32.5 Å². The van der Waals surface area contributed by atoms with Gasteiger partial charge in [0.05, 0.1) is 4.92 Å². The molecule has 2 unspecified atom stereocenters. The zero-order chi connectivity index (χ0) is 22.7. The number of hydrogen-bond acceptors (Lipinski definition) is 5. The van der Waals surface area contributed by atoms with Gasteiger partial charge in [-0.25, -0.2) is 8.78 Å².